The molecule has 1 aromatic heterocycles. The van der Waals surface area contributed by atoms with Crippen molar-refractivity contribution in [2.45, 2.75) is 32.6 Å². The van der Waals surface area contributed by atoms with Gasteiger partial charge in [0.15, 0.2) is 0 Å². The summed E-state index contributed by atoms with van der Waals surface area (Å²) in [7, 11) is 0. The number of likely N-dealkylation sites (tertiary alicyclic amines) is 1. The van der Waals surface area contributed by atoms with Crippen LogP contribution in [0.5, 0.6) is 0 Å². The van der Waals surface area contributed by atoms with Crippen molar-refractivity contribution in [2.75, 3.05) is 26.2 Å². The summed E-state index contributed by atoms with van der Waals surface area (Å²) in [5.74, 6) is -0.462. The summed E-state index contributed by atoms with van der Waals surface area (Å²) in [6.45, 7) is 2.70. The van der Waals surface area contributed by atoms with Crippen molar-refractivity contribution in [3.05, 3.63) is 36.2 Å². The molecule has 0 unspecified atom stereocenters. The molecule has 32 heavy (non-hydrogen) atoms. The quantitative estimate of drug-likeness (QED) is 0.631. The normalized spacial score (nSPS) is 19.0. The number of aromatic nitrogens is 2. The molecule has 0 saturated carbocycles. The van der Waals surface area contributed by atoms with Crippen molar-refractivity contribution < 1.29 is 23.6 Å². The summed E-state index contributed by atoms with van der Waals surface area (Å²) in [6, 6.07) is 9.39. The molecule has 2 aliphatic rings. The van der Waals surface area contributed by atoms with E-state index in [1.54, 1.807) is 11.8 Å². The minimum atomic E-state index is -0.335. The molecular formula is C22H25N5O5. The van der Waals surface area contributed by atoms with Crippen molar-refractivity contribution in [1.82, 2.24) is 20.0 Å². The monoisotopic (exact) mass is 439 g/mol. The van der Waals surface area contributed by atoms with Gasteiger partial charge in [-0.05, 0) is 19.8 Å². The second kappa shape index (κ2) is 9.71. The van der Waals surface area contributed by atoms with Gasteiger partial charge in [-0.25, -0.2) is 5.01 Å². The zero-order valence-corrected chi connectivity index (χ0v) is 17.9. The average Bonchev–Trinajstić information content (AvgIpc) is 3.32. The lowest BCUT2D eigenvalue weighted by atomic mass is 9.98. The van der Waals surface area contributed by atoms with E-state index in [0.717, 1.165) is 10.6 Å². The molecule has 2 aliphatic heterocycles. The average molecular weight is 439 g/mol. The molecule has 4 rings (SSSR count). The van der Waals surface area contributed by atoms with Crippen molar-refractivity contribution >= 4 is 23.5 Å². The summed E-state index contributed by atoms with van der Waals surface area (Å²) >= 11 is 0. The third-order valence-corrected chi connectivity index (χ3v) is 5.49. The van der Waals surface area contributed by atoms with Gasteiger partial charge in [0.1, 0.15) is 12.3 Å². The molecule has 1 fully saturated rings. The van der Waals surface area contributed by atoms with Crippen LogP contribution in [0.25, 0.3) is 11.4 Å². The number of piperidine rings is 1. The third kappa shape index (κ3) is 4.84. The summed E-state index contributed by atoms with van der Waals surface area (Å²) in [6.07, 6.45) is 1.95. The molecule has 0 aliphatic carbocycles. The number of ether oxygens (including phenoxy) is 1. The van der Waals surface area contributed by atoms with Gasteiger partial charge in [0, 0.05) is 31.5 Å². The van der Waals surface area contributed by atoms with Gasteiger partial charge in [0.2, 0.25) is 17.6 Å². The van der Waals surface area contributed by atoms with Crippen LogP contribution < -0.4 is 0 Å². The first-order valence-electron chi connectivity index (χ1n) is 10.8. The number of hydrogen-bond acceptors (Lipinski definition) is 8. The highest BCUT2D eigenvalue weighted by atomic mass is 16.5. The second-order valence-electron chi connectivity index (χ2n) is 7.72. The van der Waals surface area contributed by atoms with Gasteiger partial charge in [0.05, 0.1) is 12.5 Å². The Hall–Kier alpha value is -3.56. The zero-order valence-electron chi connectivity index (χ0n) is 17.9. The molecule has 1 atom stereocenters. The first-order valence-corrected chi connectivity index (χ1v) is 10.8. The van der Waals surface area contributed by atoms with Gasteiger partial charge in [-0.2, -0.15) is 10.1 Å². The molecule has 1 saturated heterocycles. The number of benzene rings is 1. The molecule has 3 heterocycles. The highest BCUT2D eigenvalue weighted by Gasteiger charge is 2.32. The van der Waals surface area contributed by atoms with Gasteiger partial charge in [0.25, 0.3) is 5.89 Å². The van der Waals surface area contributed by atoms with Crippen LogP contribution in [0.3, 0.4) is 0 Å². The first kappa shape index (κ1) is 21.7. The van der Waals surface area contributed by atoms with E-state index in [9.17, 15) is 14.4 Å². The van der Waals surface area contributed by atoms with Crippen LogP contribution in [0.1, 0.15) is 38.5 Å². The lowest BCUT2D eigenvalue weighted by Gasteiger charge is -2.33. The molecule has 0 radical (unpaired) electrons. The molecule has 2 aromatic rings. The van der Waals surface area contributed by atoms with E-state index in [4.69, 9.17) is 9.26 Å². The number of carbonyl (C=O) groups is 3. The Morgan fingerprint density at radius 2 is 2.03 bits per heavy atom. The number of amides is 2. The first-order chi connectivity index (χ1) is 15.5. The van der Waals surface area contributed by atoms with E-state index < -0.39 is 0 Å². The summed E-state index contributed by atoms with van der Waals surface area (Å²) in [4.78, 5) is 43.2. The van der Waals surface area contributed by atoms with Gasteiger partial charge < -0.3 is 14.2 Å². The zero-order chi connectivity index (χ0) is 22.5. The highest BCUT2D eigenvalue weighted by molar-refractivity contribution is 6.01. The van der Waals surface area contributed by atoms with Crippen LogP contribution in [-0.4, -0.2) is 69.8 Å². The Kier molecular flexibility index (Phi) is 6.58. The van der Waals surface area contributed by atoms with E-state index in [1.807, 2.05) is 30.3 Å². The van der Waals surface area contributed by atoms with E-state index in [2.05, 4.69) is 15.2 Å². The van der Waals surface area contributed by atoms with Crippen molar-refractivity contribution in [3.63, 3.8) is 0 Å². The molecule has 0 spiro atoms. The molecule has 10 nitrogen and oxygen atoms in total. The predicted octanol–water partition coefficient (Wildman–Crippen LogP) is 1.86. The fourth-order valence-electron chi connectivity index (χ4n) is 3.81. The molecule has 0 N–H and O–H groups in total. The maximum absolute atomic E-state index is 12.8. The Morgan fingerprint density at radius 1 is 1.22 bits per heavy atom. The van der Waals surface area contributed by atoms with Crippen molar-refractivity contribution in [2.24, 2.45) is 11.0 Å². The fourth-order valence-corrected chi connectivity index (χ4v) is 3.81. The minimum Gasteiger partial charge on any atom is -0.466 e. The molecule has 1 aromatic carbocycles. The second-order valence-corrected chi connectivity index (χ2v) is 7.72. The predicted molar refractivity (Wildman–Crippen MR) is 113 cm³/mol. The van der Waals surface area contributed by atoms with Crippen LogP contribution in [-0.2, 0) is 19.1 Å². The maximum Gasteiger partial charge on any atom is 0.310 e. The fraction of sp³-hybridized carbons (Fsp3) is 0.455. The highest BCUT2D eigenvalue weighted by Crippen LogP contribution is 2.21. The lowest BCUT2D eigenvalue weighted by molar-refractivity contribution is -0.152. The number of carbonyl (C=O) groups excluding carboxylic acids is 3. The molecule has 10 heteroatoms. The molecule has 2 amide bonds. The van der Waals surface area contributed by atoms with E-state index in [0.29, 0.717) is 50.5 Å². The Bertz CT molecular complexity index is 1020. The number of nitrogens with zero attached hydrogens (tertiary/aromatic N) is 5. The number of hydrazone groups is 1. The molecule has 0 bridgehead atoms. The SMILES string of the molecule is CCOC(=O)[C@H]1CCCN(C(=O)CN2N=C(c3nc(-c4ccccc4)no3)CCC2=O)C1. The van der Waals surface area contributed by atoms with Gasteiger partial charge >= 0.3 is 5.97 Å². The summed E-state index contributed by atoms with van der Waals surface area (Å²) < 4.78 is 10.4. The van der Waals surface area contributed by atoms with Gasteiger partial charge in [-0.15, -0.1) is 0 Å². The van der Waals surface area contributed by atoms with E-state index >= 15 is 0 Å². The van der Waals surface area contributed by atoms with E-state index in [-0.39, 0.29) is 42.6 Å². The van der Waals surface area contributed by atoms with Gasteiger partial charge in [-0.1, -0.05) is 35.5 Å². The summed E-state index contributed by atoms with van der Waals surface area (Å²) in [5.41, 5.74) is 1.28. The number of rotatable bonds is 6. The Labute approximate surface area is 185 Å². The topological polar surface area (TPSA) is 118 Å². The van der Waals surface area contributed by atoms with Crippen molar-refractivity contribution in [1.29, 1.82) is 0 Å². The van der Waals surface area contributed by atoms with Crippen molar-refractivity contribution in [3.8, 4) is 11.4 Å². The van der Waals surface area contributed by atoms with Crippen LogP contribution >= 0.6 is 0 Å². The Balaban J connectivity index is 1.44. The van der Waals surface area contributed by atoms with Crippen LogP contribution in [0.4, 0.5) is 0 Å². The van der Waals surface area contributed by atoms with E-state index in [1.165, 1.54) is 0 Å². The van der Waals surface area contributed by atoms with Crippen LogP contribution in [0.15, 0.2) is 40.0 Å². The van der Waals surface area contributed by atoms with Crippen LogP contribution in [0, 0.1) is 5.92 Å². The number of esters is 1. The number of hydrogen-bond donors (Lipinski definition) is 0. The smallest absolute Gasteiger partial charge is 0.310 e. The minimum absolute atomic E-state index is 0.195. The lowest BCUT2D eigenvalue weighted by Crippen LogP contribution is -2.47. The van der Waals surface area contributed by atoms with Gasteiger partial charge in [-0.3, -0.25) is 14.4 Å². The summed E-state index contributed by atoms with van der Waals surface area (Å²) in [5, 5.41) is 9.47. The molecular weight excluding hydrogens is 414 g/mol. The standard InChI is InChI=1S/C22H25N5O5/c1-2-31-22(30)16-9-6-12-26(13-16)19(29)14-27-18(28)11-10-17(24-27)21-23-20(25-32-21)15-7-4-3-5-8-15/h3-5,7-8,16H,2,6,9-14H2,1H3/t16-/m0/s1. The Morgan fingerprint density at radius 3 is 2.81 bits per heavy atom. The maximum atomic E-state index is 12.8. The largest absolute Gasteiger partial charge is 0.466 e. The van der Waals surface area contributed by atoms with Crippen LogP contribution in [0.2, 0.25) is 0 Å². The third-order valence-electron chi connectivity index (χ3n) is 5.49. The molecule has 168 valence electrons.